The van der Waals surface area contributed by atoms with E-state index in [1.54, 1.807) is 14.2 Å². The van der Waals surface area contributed by atoms with Gasteiger partial charge in [0.1, 0.15) is 0 Å². The summed E-state index contributed by atoms with van der Waals surface area (Å²) in [6.45, 7) is 0.132. The van der Waals surface area contributed by atoms with Crippen LogP contribution in [-0.4, -0.2) is 31.7 Å². The molecule has 0 aromatic carbocycles. The molecule has 1 N–H and O–H groups in total. The van der Waals surface area contributed by atoms with E-state index in [0.29, 0.717) is 11.8 Å². The Morgan fingerprint density at radius 2 is 2.08 bits per heavy atom. The van der Waals surface area contributed by atoms with Gasteiger partial charge in [-0.15, -0.1) is 0 Å². The fraction of sp³-hybridized carbons (Fsp3) is 0.800. The van der Waals surface area contributed by atoms with Crippen molar-refractivity contribution in [3.8, 4) is 0 Å². The van der Waals surface area contributed by atoms with Crippen LogP contribution in [0.2, 0.25) is 0 Å². The number of methoxy groups -OCH3 is 2. The van der Waals surface area contributed by atoms with E-state index < -0.39 is 5.79 Å². The van der Waals surface area contributed by atoms with Crippen molar-refractivity contribution in [2.24, 2.45) is 17.8 Å². The predicted octanol–water partition coefficient (Wildman–Crippen LogP) is 0.790. The van der Waals surface area contributed by atoms with Crippen LogP contribution in [0.5, 0.6) is 0 Å². The molecule has 3 atom stereocenters. The lowest BCUT2D eigenvalue weighted by atomic mass is 9.88. The number of allylic oxidation sites excluding steroid dienone is 1. The first kappa shape index (κ1) is 9.19. The normalized spacial score (nSPS) is 40.1. The van der Waals surface area contributed by atoms with Crippen molar-refractivity contribution in [1.29, 1.82) is 0 Å². The van der Waals surface area contributed by atoms with Crippen LogP contribution in [0.3, 0.4) is 0 Å². The van der Waals surface area contributed by atoms with Crippen molar-refractivity contribution >= 4 is 0 Å². The van der Waals surface area contributed by atoms with Crippen molar-refractivity contribution in [1.82, 2.24) is 0 Å². The summed E-state index contributed by atoms with van der Waals surface area (Å²) in [5, 5.41) is 9.29. The lowest BCUT2D eigenvalue weighted by Gasteiger charge is -2.38. The molecular weight excluding hydrogens is 168 g/mol. The maximum atomic E-state index is 9.29. The Hall–Kier alpha value is -0.380. The van der Waals surface area contributed by atoms with E-state index in [2.05, 4.69) is 12.2 Å². The molecule has 2 aliphatic carbocycles. The van der Waals surface area contributed by atoms with Crippen LogP contribution in [0.1, 0.15) is 6.42 Å². The van der Waals surface area contributed by atoms with Crippen LogP contribution in [0.4, 0.5) is 0 Å². The molecule has 74 valence electrons. The van der Waals surface area contributed by atoms with Crippen LogP contribution in [0.25, 0.3) is 0 Å². The molecule has 0 unspecified atom stereocenters. The van der Waals surface area contributed by atoms with Gasteiger partial charge in [0.15, 0.2) is 5.79 Å². The molecular formula is C10H16O3. The Labute approximate surface area is 78.3 Å². The zero-order chi connectivity index (χ0) is 9.47. The topological polar surface area (TPSA) is 38.7 Å². The summed E-state index contributed by atoms with van der Waals surface area (Å²) in [6, 6.07) is 0. The third kappa shape index (κ3) is 1.01. The van der Waals surface area contributed by atoms with Crippen LogP contribution in [0.15, 0.2) is 12.2 Å². The van der Waals surface area contributed by atoms with Gasteiger partial charge in [-0.1, -0.05) is 12.2 Å². The number of hydrogen-bond donors (Lipinski definition) is 1. The average Bonchev–Trinajstić information content (AvgIpc) is 2.74. The van der Waals surface area contributed by atoms with Gasteiger partial charge < -0.3 is 14.6 Å². The molecule has 2 aliphatic rings. The quantitative estimate of drug-likeness (QED) is 0.520. The number of hydrogen-bond acceptors (Lipinski definition) is 3. The number of fused-ring (bicyclic) bond motifs is 2. The Balaban J connectivity index is 2.30. The SMILES string of the molecule is COC1(OC)[C@@H]2C=C[C@@H](C2)[C@@H]1CO. The molecule has 3 heteroatoms. The Morgan fingerprint density at radius 1 is 1.38 bits per heavy atom. The largest absolute Gasteiger partial charge is 0.396 e. The predicted molar refractivity (Wildman–Crippen MR) is 48.1 cm³/mol. The van der Waals surface area contributed by atoms with E-state index in [4.69, 9.17) is 9.47 Å². The van der Waals surface area contributed by atoms with Gasteiger partial charge in [-0.05, 0) is 12.3 Å². The number of aliphatic hydroxyl groups excluding tert-OH is 1. The molecule has 2 bridgehead atoms. The van der Waals surface area contributed by atoms with E-state index >= 15 is 0 Å². The van der Waals surface area contributed by atoms with E-state index in [9.17, 15) is 5.11 Å². The van der Waals surface area contributed by atoms with Gasteiger partial charge in [-0.25, -0.2) is 0 Å². The molecule has 0 aliphatic heterocycles. The summed E-state index contributed by atoms with van der Waals surface area (Å²) >= 11 is 0. The van der Waals surface area contributed by atoms with Crippen molar-refractivity contribution in [2.75, 3.05) is 20.8 Å². The van der Waals surface area contributed by atoms with Gasteiger partial charge in [0.2, 0.25) is 0 Å². The maximum absolute atomic E-state index is 9.29. The molecule has 0 radical (unpaired) electrons. The van der Waals surface area contributed by atoms with Crippen LogP contribution in [-0.2, 0) is 9.47 Å². The molecule has 0 spiro atoms. The third-order valence-electron chi connectivity index (χ3n) is 3.50. The van der Waals surface area contributed by atoms with Crippen LogP contribution < -0.4 is 0 Å². The van der Waals surface area contributed by atoms with E-state index in [-0.39, 0.29) is 12.5 Å². The summed E-state index contributed by atoms with van der Waals surface area (Å²) in [7, 11) is 3.31. The highest BCUT2D eigenvalue weighted by Crippen LogP contribution is 2.52. The van der Waals surface area contributed by atoms with Crippen molar-refractivity contribution in [3.05, 3.63) is 12.2 Å². The van der Waals surface area contributed by atoms with Gasteiger partial charge in [-0.2, -0.15) is 0 Å². The molecule has 1 saturated carbocycles. The smallest absolute Gasteiger partial charge is 0.179 e. The Kier molecular flexibility index (Phi) is 2.18. The fourth-order valence-electron chi connectivity index (χ4n) is 2.85. The van der Waals surface area contributed by atoms with Crippen LogP contribution in [0, 0.1) is 17.8 Å². The molecule has 3 nitrogen and oxygen atoms in total. The molecule has 0 aromatic heterocycles. The van der Waals surface area contributed by atoms with Gasteiger partial charge in [0, 0.05) is 26.1 Å². The zero-order valence-electron chi connectivity index (χ0n) is 8.06. The standard InChI is InChI=1S/C10H16O3/c1-12-10(13-2)8-4-3-7(5-8)9(10)6-11/h3-4,7-9,11H,5-6H2,1-2H3/t7-,8+,9-/m0/s1. The molecule has 0 saturated heterocycles. The molecule has 2 rings (SSSR count). The first-order valence-electron chi connectivity index (χ1n) is 4.68. The highest BCUT2D eigenvalue weighted by atomic mass is 16.7. The minimum atomic E-state index is -0.575. The number of ether oxygens (including phenoxy) is 2. The fourth-order valence-corrected chi connectivity index (χ4v) is 2.85. The molecule has 0 heterocycles. The van der Waals surface area contributed by atoms with Gasteiger partial charge in [-0.3, -0.25) is 0 Å². The molecule has 0 aromatic rings. The summed E-state index contributed by atoms with van der Waals surface area (Å²) in [4.78, 5) is 0. The second kappa shape index (κ2) is 3.08. The summed E-state index contributed by atoms with van der Waals surface area (Å²) in [5.41, 5.74) is 0. The van der Waals surface area contributed by atoms with E-state index in [1.165, 1.54) is 0 Å². The lowest BCUT2D eigenvalue weighted by Crippen LogP contribution is -2.46. The van der Waals surface area contributed by atoms with Crippen LogP contribution >= 0.6 is 0 Å². The minimum absolute atomic E-state index is 0.0949. The van der Waals surface area contributed by atoms with Crippen molar-refractivity contribution in [3.63, 3.8) is 0 Å². The second-order valence-electron chi connectivity index (χ2n) is 3.81. The van der Waals surface area contributed by atoms with Crippen molar-refractivity contribution in [2.45, 2.75) is 12.2 Å². The Morgan fingerprint density at radius 3 is 2.54 bits per heavy atom. The van der Waals surface area contributed by atoms with Gasteiger partial charge >= 0.3 is 0 Å². The molecule has 13 heavy (non-hydrogen) atoms. The van der Waals surface area contributed by atoms with E-state index in [1.807, 2.05) is 0 Å². The minimum Gasteiger partial charge on any atom is -0.396 e. The van der Waals surface area contributed by atoms with Crippen molar-refractivity contribution < 1.29 is 14.6 Å². The highest BCUT2D eigenvalue weighted by Gasteiger charge is 2.56. The highest BCUT2D eigenvalue weighted by molar-refractivity contribution is 5.18. The summed E-state index contributed by atoms with van der Waals surface area (Å²) in [6.07, 6.45) is 5.36. The van der Waals surface area contributed by atoms with E-state index in [0.717, 1.165) is 6.42 Å². The first-order valence-corrected chi connectivity index (χ1v) is 4.68. The monoisotopic (exact) mass is 184 g/mol. The second-order valence-corrected chi connectivity index (χ2v) is 3.81. The first-order chi connectivity index (χ1) is 6.28. The maximum Gasteiger partial charge on any atom is 0.179 e. The molecule has 0 amide bonds. The van der Waals surface area contributed by atoms with Gasteiger partial charge in [0.25, 0.3) is 0 Å². The third-order valence-corrected chi connectivity index (χ3v) is 3.50. The summed E-state index contributed by atoms with van der Waals surface area (Å²) in [5.74, 6) is 0.255. The number of rotatable bonds is 3. The molecule has 1 fully saturated rings. The Bertz CT molecular complexity index is 220. The zero-order valence-corrected chi connectivity index (χ0v) is 8.06. The number of aliphatic hydroxyl groups is 1. The average molecular weight is 184 g/mol. The lowest BCUT2D eigenvalue weighted by molar-refractivity contribution is -0.253. The van der Waals surface area contributed by atoms with Gasteiger partial charge in [0.05, 0.1) is 6.61 Å². The summed E-state index contributed by atoms with van der Waals surface area (Å²) < 4.78 is 10.9.